The summed E-state index contributed by atoms with van der Waals surface area (Å²) in [5, 5.41) is 0. The van der Waals surface area contributed by atoms with Gasteiger partial charge in [-0.2, -0.15) is 0 Å². The van der Waals surface area contributed by atoms with Gasteiger partial charge < -0.3 is 9.47 Å². The van der Waals surface area contributed by atoms with Crippen molar-refractivity contribution in [3.8, 4) is 5.75 Å². The largest absolute Gasteiger partial charge is 0.497 e. The Hall–Kier alpha value is -1.43. The number of halogens is 1. The Morgan fingerprint density at radius 2 is 1.83 bits per heavy atom. The number of ether oxygens (including phenoxy) is 2. The average Bonchev–Trinajstić information content (AvgIpc) is 2.62. The molecule has 0 radical (unpaired) electrons. The highest BCUT2D eigenvalue weighted by Gasteiger charge is 2.39. The molecule has 6 heteroatoms. The molecule has 2 aliphatic rings. The normalized spacial score (nSPS) is 25.0. The van der Waals surface area contributed by atoms with Gasteiger partial charge in [0.2, 0.25) is 0 Å². The minimum atomic E-state index is -0.509. The molecule has 1 saturated heterocycles. The third-order valence-electron chi connectivity index (χ3n) is 4.82. The summed E-state index contributed by atoms with van der Waals surface area (Å²) in [4.78, 5) is 27.7. The van der Waals surface area contributed by atoms with Gasteiger partial charge in [0.1, 0.15) is 5.75 Å². The Kier molecular flexibility index (Phi) is 6.78. The molecule has 1 aromatic carbocycles. The van der Waals surface area contributed by atoms with Gasteiger partial charge in [0.05, 0.1) is 32.3 Å². The molecule has 1 aliphatic carbocycles. The van der Waals surface area contributed by atoms with Gasteiger partial charge in [0, 0.05) is 18.7 Å². The Labute approximate surface area is 148 Å². The fraction of sp³-hybridized carbons (Fsp3) is 0.556. The summed E-state index contributed by atoms with van der Waals surface area (Å²) in [5.41, 5.74) is 0.590. The van der Waals surface area contributed by atoms with E-state index in [9.17, 15) is 9.59 Å². The number of rotatable bonds is 4. The first-order valence-electron chi connectivity index (χ1n) is 8.24. The van der Waals surface area contributed by atoms with Gasteiger partial charge in [0.15, 0.2) is 11.6 Å². The van der Waals surface area contributed by atoms with Crippen molar-refractivity contribution < 1.29 is 19.1 Å². The number of benzene rings is 1. The molecular weight excluding hydrogens is 330 g/mol. The second-order valence-corrected chi connectivity index (χ2v) is 6.14. The summed E-state index contributed by atoms with van der Waals surface area (Å²) in [6.45, 7) is 2.89. The van der Waals surface area contributed by atoms with Crippen LogP contribution in [0, 0.1) is 5.92 Å². The Balaban J connectivity index is 0.00000208. The molecular formula is C18H24ClNO4. The fourth-order valence-corrected chi connectivity index (χ4v) is 3.50. The molecule has 24 heavy (non-hydrogen) atoms. The number of hydrogen-bond donors (Lipinski definition) is 0. The molecule has 2 atom stereocenters. The fourth-order valence-electron chi connectivity index (χ4n) is 3.50. The first-order valence-corrected chi connectivity index (χ1v) is 8.24. The van der Waals surface area contributed by atoms with E-state index in [0.29, 0.717) is 30.9 Å². The zero-order valence-corrected chi connectivity index (χ0v) is 14.7. The van der Waals surface area contributed by atoms with Crippen LogP contribution in [0.15, 0.2) is 24.3 Å². The van der Waals surface area contributed by atoms with Gasteiger partial charge in [-0.25, -0.2) is 0 Å². The van der Waals surface area contributed by atoms with Gasteiger partial charge >= 0.3 is 0 Å². The molecule has 5 nitrogen and oxygen atoms in total. The first kappa shape index (κ1) is 18.9. The Bertz CT molecular complexity index is 569. The molecule has 2 fully saturated rings. The van der Waals surface area contributed by atoms with E-state index in [1.807, 2.05) is 0 Å². The predicted octanol–water partition coefficient (Wildman–Crippen LogP) is 2.37. The lowest BCUT2D eigenvalue weighted by molar-refractivity contribution is -0.131. The summed E-state index contributed by atoms with van der Waals surface area (Å²) >= 11 is 0. The number of morpholine rings is 1. The van der Waals surface area contributed by atoms with Gasteiger partial charge in [0.25, 0.3) is 0 Å². The van der Waals surface area contributed by atoms with E-state index in [1.165, 1.54) is 0 Å². The van der Waals surface area contributed by atoms with Crippen molar-refractivity contribution in [3.63, 3.8) is 0 Å². The maximum atomic E-state index is 12.8. The van der Waals surface area contributed by atoms with E-state index < -0.39 is 5.92 Å². The van der Waals surface area contributed by atoms with E-state index >= 15 is 0 Å². The van der Waals surface area contributed by atoms with Crippen molar-refractivity contribution in [2.45, 2.75) is 25.3 Å². The van der Waals surface area contributed by atoms with Crippen molar-refractivity contribution >= 4 is 24.0 Å². The van der Waals surface area contributed by atoms with Gasteiger partial charge in [-0.3, -0.25) is 14.5 Å². The lowest BCUT2D eigenvalue weighted by atomic mass is 9.79. The molecule has 132 valence electrons. The van der Waals surface area contributed by atoms with Crippen LogP contribution in [-0.4, -0.2) is 55.9 Å². The third-order valence-corrected chi connectivity index (χ3v) is 4.82. The van der Waals surface area contributed by atoms with Crippen LogP contribution < -0.4 is 4.74 Å². The van der Waals surface area contributed by atoms with Gasteiger partial charge in [-0.1, -0.05) is 6.42 Å². The molecule has 1 heterocycles. The maximum Gasteiger partial charge on any atom is 0.173 e. The third kappa shape index (κ3) is 3.97. The summed E-state index contributed by atoms with van der Waals surface area (Å²) < 4.78 is 10.5. The highest BCUT2D eigenvalue weighted by molar-refractivity contribution is 6.12. The molecule has 0 spiro atoms. The van der Waals surface area contributed by atoms with E-state index in [-0.39, 0.29) is 30.0 Å². The number of Topliss-reactive ketones (excluding diaryl/α,β-unsaturated/α-hetero) is 2. The molecule has 0 aromatic heterocycles. The monoisotopic (exact) mass is 353 g/mol. The summed E-state index contributed by atoms with van der Waals surface area (Å²) in [7, 11) is 1.59. The zero-order chi connectivity index (χ0) is 16.2. The second kappa shape index (κ2) is 8.60. The van der Waals surface area contributed by atoms with Crippen LogP contribution in [-0.2, 0) is 9.53 Å². The smallest absolute Gasteiger partial charge is 0.173 e. The van der Waals surface area contributed by atoms with E-state index in [2.05, 4.69) is 4.90 Å². The SMILES string of the molecule is COc1ccc(C(=O)C2CCCC(N3CCOCC3)C2=O)cc1.Cl. The van der Waals surface area contributed by atoms with Crippen molar-refractivity contribution in [1.82, 2.24) is 4.90 Å². The first-order chi connectivity index (χ1) is 11.2. The Morgan fingerprint density at radius 3 is 2.46 bits per heavy atom. The molecule has 3 rings (SSSR count). The molecule has 0 amide bonds. The lowest BCUT2D eigenvalue weighted by Crippen LogP contribution is -2.51. The van der Waals surface area contributed by atoms with E-state index in [4.69, 9.17) is 9.47 Å². The van der Waals surface area contributed by atoms with E-state index in [1.54, 1.807) is 31.4 Å². The zero-order valence-electron chi connectivity index (χ0n) is 13.9. The van der Waals surface area contributed by atoms with Gasteiger partial charge in [-0.05, 0) is 37.1 Å². The minimum Gasteiger partial charge on any atom is -0.497 e. The number of carbonyl (C=O) groups excluding carboxylic acids is 2. The second-order valence-electron chi connectivity index (χ2n) is 6.14. The van der Waals surface area contributed by atoms with Crippen LogP contribution in [0.3, 0.4) is 0 Å². The van der Waals surface area contributed by atoms with Crippen molar-refractivity contribution in [2.24, 2.45) is 5.92 Å². The van der Waals surface area contributed by atoms with Crippen LogP contribution in [0.1, 0.15) is 29.6 Å². The van der Waals surface area contributed by atoms with Crippen LogP contribution in [0.25, 0.3) is 0 Å². The molecule has 1 aromatic rings. The Morgan fingerprint density at radius 1 is 1.17 bits per heavy atom. The molecule has 1 aliphatic heterocycles. The number of methoxy groups -OCH3 is 1. The van der Waals surface area contributed by atoms with Crippen LogP contribution in [0.2, 0.25) is 0 Å². The average molecular weight is 354 g/mol. The summed E-state index contributed by atoms with van der Waals surface area (Å²) in [6, 6.07) is 6.89. The highest BCUT2D eigenvalue weighted by atomic mass is 35.5. The topological polar surface area (TPSA) is 55.8 Å². The lowest BCUT2D eigenvalue weighted by Gasteiger charge is -2.37. The molecule has 2 unspecified atom stereocenters. The highest BCUT2D eigenvalue weighted by Crippen LogP contribution is 2.28. The van der Waals surface area contributed by atoms with Gasteiger partial charge in [-0.15, -0.1) is 12.4 Å². The summed E-state index contributed by atoms with van der Waals surface area (Å²) in [6.07, 6.45) is 2.43. The van der Waals surface area contributed by atoms with Crippen molar-refractivity contribution in [1.29, 1.82) is 0 Å². The van der Waals surface area contributed by atoms with Crippen LogP contribution >= 0.6 is 12.4 Å². The molecule has 0 bridgehead atoms. The standard InChI is InChI=1S/C18H23NO4.ClH/c1-22-14-7-5-13(6-8-14)17(20)15-3-2-4-16(18(15)21)19-9-11-23-12-10-19;/h5-8,15-16H,2-4,9-12H2,1H3;1H. The predicted molar refractivity (Wildman–Crippen MR) is 93.1 cm³/mol. The van der Waals surface area contributed by atoms with Crippen molar-refractivity contribution in [3.05, 3.63) is 29.8 Å². The van der Waals surface area contributed by atoms with Crippen LogP contribution in [0.4, 0.5) is 0 Å². The number of nitrogens with zero attached hydrogens (tertiary/aromatic N) is 1. The van der Waals surface area contributed by atoms with Crippen LogP contribution in [0.5, 0.6) is 5.75 Å². The minimum absolute atomic E-state index is 0. The quantitative estimate of drug-likeness (QED) is 0.614. The van der Waals surface area contributed by atoms with E-state index in [0.717, 1.165) is 25.9 Å². The maximum absolute atomic E-state index is 12.8. The molecule has 0 N–H and O–H groups in total. The molecule has 1 saturated carbocycles. The summed E-state index contributed by atoms with van der Waals surface area (Å²) in [5.74, 6) is 0.224. The van der Waals surface area contributed by atoms with Crippen molar-refractivity contribution in [2.75, 3.05) is 33.4 Å². The number of hydrogen-bond acceptors (Lipinski definition) is 5. The number of ketones is 2. The number of carbonyl (C=O) groups is 2.